The number of benzene rings is 2. The number of imidazole rings is 1. The molecule has 3 nitrogen and oxygen atoms in total. The summed E-state index contributed by atoms with van der Waals surface area (Å²) in [7, 11) is 0. The summed E-state index contributed by atoms with van der Waals surface area (Å²) >= 11 is 0. The second-order valence-electron chi connectivity index (χ2n) is 8.33. The van der Waals surface area contributed by atoms with E-state index in [0.29, 0.717) is 0 Å². The van der Waals surface area contributed by atoms with Crippen molar-refractivity contribution in [3.63, 3.8) is 0 Å². The van der Waals surface area contributed by atoms with E-state index in [2.05, 4.69) is 37.5 Å². The summed E-state index contributed by atoms with van der Waals surface area (Å²) in [6.45, 7) is 7.45. The van der Waals surface area contributed by atoms with Crippen LogP contribution in [0.3, 0.4) is 0 Å². The molecule has 1 aromatic heterocycles. The summed E-state index contributed by atoms with van der Waals surface area (Å²) in [5, 5.41) is 11.1. The van der Waals surface area contributed by atoms with Gasteiger partial charge in [-0.1, -0.05) is 82.2 Å². The summed E-state index contributed by atoms with van der Waals surface area (Å²) < 4.78 is 2.25. The maximum atomic E-state index is 11.1. The topological polar surface area (TPSA) is 38.0 Å². The first-order valence-electron chi connectivity index (χ1n) is 11.3. The number of aliphatic hydroxyl groups is 1. The maximum absolute atomic E-state index is 11.1. The van der Waals surface area contributed by atoms with Crippen molar-refractivity contribution in [2.45, 2.75) is 84.8 Å². The fraction of sp³-hybridized carbons (Fsp3) is 0.500. The van der Waals surface area contributed by atoms with Gasteiger partial charge in [0.15, 0.2) is 0 Å². The molecule has 2 aromatic carbocycles. The van der Waals surface area contributed by atoms with Gasteiger partial charge in [0.25, 0.3) is 0 Å². The van der Waals surface area contributed by atoms with Gasteiger partial charge in [-0.3, -0.25) is 0 Å². The molecule has 0 aliphatic carbocycles. The molecule has 0 aliphatic heterocycles. The zero-order chi connectivity index (χ0) is 20.6. The molecule has 1 unspecified atom stereocenters. The third kappa shape index (κ3) is 5.48. The second kappa shape index (κ2) is 10.6. The Kier molecular flexibility index (Phi) is 7.88. The van der Waals surface area contributed by atoms with Crippen LogP contribution in [0.15, 0.2) is 42.5 Å². The highest BCUT2D eigenvalue weighted by molar-refractivity contribution is 5.78. The molecule has 0 saturated carbocycles. The van der Waals surface area contributed by atoms with Crippen LogP contribution in [-0.4, -0.2) is 14.7 Å². The average molecular weight is 393 g/mol. The van der Waals surface area contributed by atoms with E-state index in [4.69, 9.17) is 4.98 Å². The van der Waals surface area contributed by atoms with Gasteiger partial charge in [0.2, 0.25) is 0 Å². The Morgan fingerprint density at radius 1 is 0.862 bits per heavy atom. The third-order valence-corrected chi connectivity index (χ3v) is 5.99. The van der Waals surface area contributed by atoms with E-state index in [1.54, 1.807) is 0 Å². The molecule has 0 saturated heterocycles. The van der Waals surface area contributed by atoms with Gasteiger partial charge < -0.3 is 9.67 Å². The van der Waals surface area contributed by atoms with Gasteiger partial charge in [-0.25, -0.2) is 4.98 Å². The molecule has 156 valence electrons. The van der Waals surface area contributed by atoms with Gasteiger partial charge in [-0.2, -0.15) is 0 Å². The van der Waals surface area contributed by atoms with Gasteiger partial charge in [0.1, 0.15) is 11.9 Å². The summed E-state index contributed by atoms with van der Waals surface area (Å²) in [6.07, 6.45) is 9.69. The third-order valence-electron chi connectivity index (χ3n) is 5.99. The number of hydrogen-bond acceptors (Lipinski definition) is 2. The van der Waals surface area contributed by atoms with E-state index >= 15 is 0 Å². The van der Waals surface area contributed by atoms with Crippen molar-refractivity contribution in [3.05, 3.63) is 65.0 Å². The maximum Gasteiger partial charge on any atom is 0.143 e. The van der Waals surface area contributed by atoms with E-state index in [0.717, 1.165) is 35.4 Å². The van der Waals surface area contributed by atoms with Gasteiger partial charge in [-0.05, 0) is 49.1 Å². The highest BCUT2D eigenvalue weighted by Gasteiger charge is 2.20. The molecule has 1 atom stereocenters. The minimum Gasteiger partial charge on any atom is -0.380 e. The quantitative estimate of drug-likeness (QED) is 0.361. The van der Waals surface area contributed by atoms with Crippen LogP contribution in [0.2, 0.25) is 0 Å². The van der Waals surface area contributed by atoms with Crippen molar-refractivity contribution in [1.29, 1.82) is 0 Å². The Balaban J connectivity index is 1.75. The van der Waals surface area contributed by atoms with Crippen LogP contribution in [0, 0.1) is 13.8 Å². The van der Waals surface area contributed by atoms with Crippen LogP contribution in [0.5, 0.6) is 0 Å². The lowest BCUT2D eigenvalue weighted by Gasteiger charge is -2.15. The lowest BCUT2D eigenvalue weighted by atomic mass is 10.1. The lowest BCUT2D eigenvalue weighted by molar-refractivity contribution is 0.204. The van der Waals surface area contributed by atoms with Crippen LogP contribution in [-0.2, 0) is 6.54 Å². The number of fused-ring (bicyclic) bond motifs is 1. The molecular formula is C26H36N2O. The Bertz CT molecular complexity index is 898. The average Bonchev–Trinajstić information content (AvgIpc) is 3.07. The monoisotopic (exact) mass is 392 g/mol. The first-order valence-corrected chi connectivity index (χ1v) is 11.3. The normalized spacial score (nSPS) is 12.6. The first-order chi connectivity index (χ1) is 14.1. The van der Waals surface area contributed by atoms with Crippen molar-refractivity contribution >= 4 is 11.0 Å². The molecular weight excluding hydrogens is 356 g/mol. The largest absolute Gasteiger partial charge is 0.380 e. The number of aryl methyl sites for hydroxylation is 3. The van der Waals surface area contributed by atoms with E-state index in [9.17, 15) is 5.11 Å². The van der Waals surface area contributed by atoms with Gasteiger partial charge in [-0.15, -0.1) is 0 Å². The molecule has 0 spiro atoms. The van der Waals surface area contributed by atoms with Crippen LogP contribution >= 0.6 is 0 Å². The van der Waals surface area contributed by atoms with E-state index < -0.39 is 6.10 Å². The molecule has 0 amide bonds. The van der Waals surface area contributed by atoms with Crippen molar-refractivity contribution in [1.82, 2.24) is 9.55 Å². The minimum atomic E-state index is -0.696. The molecule has 0 bridgehead atoms. The molecule has 3 aromatic rings. The molecule has 3 rings (SSSR count). The minimum absolute atomic E-state index is 0.696. The molecule has 29 heavy (non-hydrogen) atoms. The van der Waals surface area contributed by atoms with Crippen LogP contribution in [0.25, 0.3) is 11.0 Å². The number of aliphatic hydroxyl groups excluding tert-OH is 1. The summed E-state index contributed by atoms with van der Waals surface area (Å²) in [4.78, 5) is 4.85. The number of aromatic nitrogens is 2. The molecule has 0 aliphatic rings. The highest BCUT2D eigenvalue weighted by atomic mass is 16.3. The standard InChI is InChI=1S/C26H36N2O/c1-4-5-6-7-8-9-10-14-17-28-24-19-21(3)20(2)18-23(24)27-26(28)25(29)22-15-12-11-13-16-22/h11-13,15-16,18-19,25,29H,4-10,14,17H2,1-3H3. The zero-order valence-electron chi connectivity index (χ0n) is 18.3. The zero-order valence-corrected chi connectivity index (χ0v) is 18.3. The van der Waals surface area contributed by atoms with E-state index in [1.807, 2.05) is 30.3 Å². The summed E-state index contributed by atoms with van der Waals surface area (Å²) in [5.74, 6) is 0.763. The molecule has 1 N–H and O–H groups in total. The Labute approximate surface area is 175 Å². The fourth-order valence-electron chi connectivity index (χ4n) is 4.03. The number of unbranched alkanes of at least 4 members (excludes halogenated alkanes) is 7. The summed E-state index contributed by atoms with van der Waals surface area (Å²) in [6, 6.07) is 14.2. The summed E-state index contributed by atoms with van der Waals surface area (Å²) in [5.41, 5.74) is 5.54. The number of rotatable bonds is 11. The van der Waals surface area contributed by atoms with Crippen LogP contribution in [0.4, 0.5) is 0 Å². The molecule has 3 heteroatoms. The molecule has 0 radical (unpaired) electrons. The van der Waals surface area contributed by atoms with Gasteiger partial charge in [0.05, 0.1) is 11.0 Å². The second-order valence-corrected chi connectivity index (χ2v) is 8.33. The Hall–Kier alpha value is -2.13. The fourth-order valence-corrected chi connectivity index (χ4v) is 4.03. The predicted octanol–water partition coefficient (Wildman–Crippen LogP) is 6.88. The number of hydrogen-bond donors (Lipinski definition) is 1. The van der Waals surface area contributed by atoms with Crippen molar-refractivity contribution < 1.29 is 5.11 Å². The van der Waals surface area contributed by atoms with Crippen LogP contribution < -0.4 is 0 Å². The van der Waals surface area contributed by atoms with Crippen molar-refractivity contribution in [3.8, 4) is 0 Å². The molecule has 1 heterocycles. The van der Waals surface area contributed by atoms with E-state index in [-0.39, 0.29) is 0 Å². The number of nitrogens with zero attached hydrogens (tertiary/aromatic N) is 2. The Morgan fingerprint density at radius 2 is 1.48 bits per heavy atom. The van der Waals surface area contributed by atoms with Crippen molar-refractivity contribution in [2.75, 3.05) is 0 Å². The van der Waals surface area contributed by atoms with E-state index in [1.165, 1.54) is 56.1 Å². The highest BCUT2D eigenvalue weighted by Crippen LogP contribution is 2.28. The Morgan fingerprint density at radius 3 is 2.17 bits per heavy atom. The van der Waals surface area contributed by atoms with Gasteiger partial charge >= 0.3 is 0 Å². The van der Waals surface area contributed by atoms with Crippen LogP contribution in [0.1, 0.15) is 86.9 Å². The SMILES string of the molecule is CCCCCCCCCCn1c(C(O)c2ccccc2)nc2cc(C)c(C)cc21. The molecule has 0 fully saturated rings. The smallest absolute Gasteiger partial charge is 0.143 e. The lowest BCUT2D eigenvalue weighted by Crippen LogP contribution is -2.10. The predicted molar refractivity (Wildman–Crippen MR) is 122 cm³/mol. The first kappa shape index (κ1) is 21.6. The van der Waals surface area contributed by atoms with Crippen molar-refractivity contribution in [2.24, 2.45) is 0 Å². The van der Waals surface area contributed by atoms with Gasteiger partial charge in [0, 0.05) is 6.54 Å².